The number of aryl methyl sites for hydroxylation is 2. The smallest absolute Gasteiger partial charge is 0.127 e. The highest BCUT2D eigenvalue weighted by atomic mass is 16.5. The summed E-state index contributed by atoms with van der Waals surface area (Å²) < 4.78 is 6.38. The number of nitrogens with one attached hydrogen (secondary N) is 1. The van der Waals surface area contributed by atoms with Gasteiger partial charge in [-0.1, -0.05) is 30.7 Å². The molecule has 0 amide bonds. The highest BCUT2D eigenvalue weighted by Crippen LogP contribution is 2.43. The van der Waals surface area contributed by atoms with Crippen LogP contribution in [-0.4, -0.2) is 10.6 Å². The lowest BCUT2D eigenvalue weighted by Gasteiger charge is -2.41. The van der Waals surface area contributed by atoms with Crippen molar-refractivity contribution in [3.05, 3.63) is 58.9 Å². The molecule has 0 aliphatic carbocycles. The van der Waals surface area contributed by atoms with Crippen LogP contribution in [-0.2, 0) is 6.54 Å². The van der Waals surface area contributed by atoms with E-state index in [0.29, 0.717) is 6.04 Å². The second-order valence-electron chi connectivity index (χ2n) is 6.90. The Balaban J connectivity index is 1.90. The van der Waals surface area contributed by atoms with Gasteiger partial charge in [0.2, 0.25) is 0 Å². The fraction of sp³-hybridized carbons (Fsp3) is 0.450. The second kappa shape index (κ2) is 6.32. The summed E-state index contributed by atoms with van der Waals surface area (Å²) in [6, 6.07) is 8.87. The second-order valence-corrected chi connectivity index (χ2v) is 6.90. The molecule has 2 heterocycles. The van der Waals surface area contributed by atoms with Gasteiger partial charge in [-0.2, -0.15) is 0 Å². The zero-order valence-electron chi connectivity index (χ0n) is 14.5. The Kier molecular flexibility index (Phi) is 4.40. The number of hydrogen-bond donors (Lipinski definition) is 1. The summed E-state index contributed by atoms with van der Waals surface area (Å²) in [6.07, 6.45) is 5.73. The molecule has 3 heteroatoms. The first kappa shape index (κ1) is 16.0. The zero-order valence-corrected chi connectivity index (χ0v) is 14.5. The first-order valence-electron chi connectivity index (χ1n) is 8.43. The Morgan fingerprint density at radius 1 is 1.35 bits per heavy atom. The third-order valence-corrected chi connectivity index (χ3v) is 4.83. The van der Waals surface area contributed by atoms with Crippen LogP contribution in [0.15, 0.2) is 36.7 Å². The highest BCUT2D eigenvalue weighted by molar-refractivity contribution is 5.47. The molecule has 0 spiro atoms. The minimum Gasteiger partial charge on any atom is -0.487 e. The minimum atomic E-state index is -0.111. The molecular formula is C20H26N2O. The maximum Gasteiger partial charge on any atom is 0.127 e. The van der Waals surface area contributed by atoms with Crippen molar-refractivity contribution in [3.63, 3.8) is 0 Å². The molecule has 0 fully saturated rings. The van der Waals surface area contributed by atoms with E-state index < -0.39 is 0 Å². The Morgan fingerprint density at radius 2 is 2.17 bits per heavy atom. The zero-order chi connectivity index (χ0) is 16.4. The molecule has 0 radical (unpaired) electrons. The maximum atomic E-state index is 6.38. The van der Waals surface area contributed by atoms with Crippen molar-refractivity contribution in [1.82, 2.24) is 10.3 Å². The lowest BCUT2D eigenvalue weighted by atomic mass is 9.85. The molecule has 3 rings (SSSR count). The van der Waals surface area contributed by atoms with Crippen LogP contribution in [0.2, 0.25) is 0 Å². The molecule has 3 nitrogen and oxygen atoms in total. The third kappa shape index (κ3) is 3.40. The Labute approximate surface area is 139 Å². The van der Waals surface area contributed by atoms with Gasteiger partial charge in [-0.05, 0) is 44.4 Å². The number of aromatic nitrogens is 1. The van der Waals surface area contributed by atoms with E-state index in [-0.39, 0.29) is 5.60 Å². The maximum absolute atomic E-state index is 6.38. The van der Waals surface area contributed by atoms with E-state index in [1.54, 1.807) is 0 Å². The summed E-state index contributed by atoms with van der Waals surface area (Å²) in [5.74, 6) is 1.06. The van der Waals surface area contributed by atoms with Crippen LogP contribution in [0.1, 0.15) is 55.0 Å². The molecule has 23 heavy (non-hydrogen) atoms. The molecule has 2 unspecified atom stereocenters. The van der Waals surface area contributed by atoms with Gasteiger partial charge in [0.1, 0.15) is 11.4 Å². The van der Waals surface area contributed by atoms with Crippen LogP contribution in [0.4, 0.5) is 0 Å². The molecular weight excluding hydrogens is 284 g/mol. The van der Waals surface area contributed by atoms with Crippen LogP contribution in [0.5, 0.6) is 5.75 Å². The van der Waals surface area contributed by atoms with Crippen LogP contribution < -0.4 is 10.1 Å². The van der Waals surface area contributed by atoms with Crippen molar-refractivity contribution in [1.29, 1.82) is 0 Å². The quantitative estimate of drug-likeness (QED) is 0.904. The predicted octanol–water partition coefficient (Wildman–Crippen LogP) is 4.48. The van der Waals surface area contributed by atoms with E-state index in [2.05, 4.69) is 56.2 Å². The van der Waals surface area contributed by atoms with Crippen molar-refractivity contribution in [3.8, 4) is 5.75 Å². The monoisotopic (exact) mass is 310 g/mol. The fourth-order valence-electron chi connectivity index (χ4n) is 3.36. The molecule has 1 aromatic carbocycles. The predicted molar refractivity (Wildman–Crippen MR) is 93.7 cm³/mol. The molecule has 1 N–H and O–H groups in total. The van der Waals surface area contributed by atoms with E-state index in [1.807, 2.05) is 18.5 Å². The fourth-order valence-corrected chi connectivity index (χ4v) is 3.36. The Morgan fingerprint density at radius 3 is 2.87 bits per heavy atom. The average Bonchev–Trinajstić information content (AvgIpc) is 2.55. The Hall–Kier alpha value is -1.87. The molecule has 0 bridgehead atoms. The van der Waals surface area contributed by atoms with Crippen molar-refractivity contribution in [2.24, 2.45) is 0 Å². The van der Waals surface area contributed by atoms with Gasteiger partial charge in [0.15, 0.2) is 0 Å². The van der Waals surface area contributed by atoms with E-state index in [0.717, 1.165) is 25.1 Å². The van der Waals surface area contributed by atoms with Crippen molar-refractivity contribution in [2.45, 2.75) is 58.7 Å². The van der Waals surface area contributed by atoms with Crippen LogP contribution in [0.25, 0.3) is 0 Å². The lowest BCUT2D eigenvalue weighted by Crippen LogP contribution is -2.41. The summed E-state index contributed by atoms with van der Waals surface area (Å²) in [7, 11) is 0. The normalized spacial score (nSPS) is 23.2. The SMILES string of the molecule is CCC1(C)CC(NCc2cccnc2)c2cc(C)cc(C)c2O1. The van der Waals surface area contributed by atoms with Gasteiger partial charge in [0.25, 0.3) is 0 Å². The molecule has 0 saturated heterocycles. The number of nitrogens with zero attached hydrogens (tertiary/aromatic N) is 1. The summed E-state index contributed by atoms with van der Waals surface area (Å²) in [4.78, 5) is 4.20. The van der Waals surface area contributed by atoms with Gasteiger partial charge in [-0.15, -0.1) is 0 Å². The van der Waals surface area contributed by atoms with Crippen molar-refractivity contribution >= 4 is 0 Å². The van der Waals surface area contributed by atoms with E-state index in [4.69, 9.17) is 4.74 Å². The van der Waals surface area contributed by atoms with Crippen LogP contribution >= 0.6 is 0 Å². The lowest BCUT2D eigenvalue weighted by molar-refractivity contribution is 0.0430. The number of fused-ring (bicyclic) bond motifs is 1. The minimum absolute atomic E-state index is 0.111. The van der Waals surface area contributed by atoms with Crippen LogP contribution in [0, 0.1) is 13.8 Å². The highest BCUT2D eigenvalue weighted by Gasteiger charge is 2.36. The molecule has 1 aliphatic rings. The van der Waals surface area contributed by atoms with E-state index in [1.165, 1.54) is 22.3 Å². The van der Waals surface area contributed by atoms with E-state index in [9.17, 15) is 0 Å². The first-order valence-corrected chi connectivity index (χ1v) is 8.43. The summed E-state index contributed by atoms with van der Waals surface area (Å²) in [5, 5.41) is 3.72. The molecule has 2 aromatic rings. The largest absolute Gasteiger partial charge is 0.487 e. The number of benzene rings is 1. The van der Waals surface area contributed by atoms with Gasteiger partial charge in [0.05, 0.1) is 0 Å². The van der Waals surface area contributed by atoms with Gasteiger partial charge in [-0.3, -0.25) is 4.98 Å². The molecule has 2 atom stereocenters. The van der Waals surface area contributed by atoms with Gasteiger partial charge in [0, 0.05) is 37.0 Å². The standard InChI is InChI=1S/C20H26N2O/c1-5-20(4)11-18(22-13-16-7-6-8-21-12-16)17-10-14(2)9-15(3)19(17)23-20/h6-10,12,18,22H,5,11,13H2,1-4H3. The third-order valence-electron chi connectivity index (χ3n) is 4.83. The van der Waals surface area contributed by atoms with Crippen molar-refractivity contribution < 1.29 is 4.74 Å². The van der Waals surface area contributed by atoms with Crippen LogP contribution in [0.3, 0.4) is 0 Å². The summed E-state index contributed by atoms with van der Waals surface area (Å²) in [6.45, 7) is 9.54. The van der Waals surface area contributed by atoms with Gasteiger partial charge in [-0.25, -0.2) is 0 Å². The first-order chi connectivity index (χ1) is 11.0. The summed E-state index contributed by atoms with van der Waals surface area (Å²) in [5.41, 5.74) is 4.91. The number of ether oxygens (including phenoxy) is 1. The Bertz CT molecular complexity index is 684. The van der Waals surface area contributed by atoms with Gasteiger partial charge < -0.3 is 10.1 Å². The molecule has 0 saturated carbocycles. The van der Waals surface area contributed by atoms with Crippen molar-refractivity contribution in [2.75, 3.05) is 0 Å². The number of rotatable bonds is 4. The van der Waals surface area contributed by atoms with Gasteiger partial charge >= 0.3 is 0 Å². The van der Waals surface area contributed by atoms with E-state index >= 15 is 0 Å². The molecule has 122 valence electrons. The number of hydrogen-bond acceptors (Lipinski definition) is 3. The molecule has 1 aromatic heterocycles. The topological polar surface area (TPSA) is 34.2 Å². The number of pyridine rings is 1. The average molecular weight is 310 g/mol. The summed E-state index contributed by atoms with van der Waals surface area (Å²) >= 11 is 0. The molecule has 1 aliphatic heterocycles.